The molecule has 0 heterocycles. The minimum atomic E-state index is 1.29. The zero-order chi connectivity index (χ0) is 10.6. The number of unbranched alkanes of at least 4 members (excludes halogenated alkanes) is 7. The molecule has 0 aliphatic heterocycles. The van der Waals surface area contributed by atoms with Crippen molar-refractivity contribution in [2.75, 3.05) is 0 Å². The van der Waals surface area contributed by atoms with Crippen LogP contribution in [0, 0.1) is 0 Å². The molecule has 14 heavy (non-hydrogen) atoms. The third kappa shape index (κ3) is 12.0. The summed E-state index contributed by atoms with van der Waals surface area (Å²) in [6.07, 6.45) is 13.9. The van der Waals surface area contributed by atoms with Crippen molar-refractivity contribution in [2.24, 2.45) is 0 Å². The molecule has 0 aromatic carbocycles. The molecule has 0 saturated carbocycles. The second kappa shape index (κ2) is 11.0. The van der Waals surface area contributed by atoms with E-state index in [1.807, 2.05) is 0 Å². The summed E-state index contributed by atoms with van der Waals surface area (Å²) < 4.78 is 0. The molecule has 0 fully saturated rings. The van der Waals surface area contributed by atoms with Crippen molar-refractivity contribution in [1.29, 1.82) is 0 Å². The molecule has 0 unspecified atom stereocenters. The molecule has 0 aromatic rings. The van der Waals surface area contributed by atoms with Gasteiger partial charge in [-0.2, -0.15) is 0 Å². The lowest BCUT2D eigenvalue weighted by Crippen LogP contribution is -1.80. The Morgan fingerprint density at radius 1 is 0.857 bits per heavy atom. The van der Waals surface area contributed by atoms with Gasteiger partial charge in [0.2, 0.25) is 0 Å². The molecule has 0 saturated heterocycles. The van der Waals surface area contributed by atoms with Gasteiger partial charge in [0.25, 0.3) is 0 Å². The summed E-state index contributed by atoms with van der Waals surface area (Å²) >= 11 is 0. The minimum absolute atomic E-state index is 1.29. The molecular formula is C13H28Si. The molecule has 0 atom stereocenters. The third-order valence-corrected chi connectivity index (χ3v) is 3.32. The summed E-state index contributed by atoms with van der Waals surface area (Å²) in [5.41, 5.74) is 1.47. The average Bonchev–Trinajstić information content (AvgIpc) is 2.15. The lowest BCUT2D eigenvalue weighted by atomic mass is 10.1. The van der Waals surface area contributed by atoms with Gasteiger partial charge >= 0.3 is 0 Å². The summed E-state index contributed by atoms with van der Waals surface area (Å²) in [5, 5.41) is 0. The fourth-order valence-electron chi connectivity index (χ4n) is 1.67. The smallest absolute Gasteiger partial charge is 0.00279 e. The number of hydrogen-bond donors (Lipinski definition) is 0. The largest absolute Gasteiger partial charge is 0.0859 e. The Bertz CT molecular complexity index is 134. The van der Waals surface area contributed by atoms with E-state index in [1.54, 1.807) is 0 Å². The van der Waals surface area contributed by atoms with E-state index >= 15 is 0 Å². The van der Waals surface area contributed by atoms with Crippen LogP contribution in [0.25, 0.3) is 0 Å². The van der Waals surface area contributed by atoms with Crippen LogP contribution in [0.5, 0.6) is 0 Å². The first-order chi connectivity index (χ1) is 6.77. The van der Waals surface area contributed by atoms with Crippen LogP contribution in [0.2, 0.25) is 6.04 Å². The first-order valence-corrected chi connectivity index (χ1v) is 7.82. The predicted octanol–water partition coefficient (Wildman–Crippen LogP) is 3.86. The van der Waals surface area contributed by atoms with E-state index in [4.69, 9.17) is 0 Å². The minimum Gasteiger partial charge on any atom is -0.0859 e. The van der Waals surface area contributed by atoms with Crippen LogP contribution in [-0.4, -0.2) is 10.2 Å². The predicted molar refractivity (Wildman–Crippen MR) is 71.1 cm³/mol. The van der Waals surface area contributed by atoms with Crippen molar-refractivity contribution >= 4 is 10.2 Å². The highest BCUT2D eigenvalue weighted by Crippen LogP contribution is 2.10. The molecular weight excluding hydrogens is 184 g/mol. The van der Waals surface area contributed by atoms with Crippen LogP contribution in [0.1, 0.15) is 65.2 Å². The quantitative estimate of drug-likeness (QED) is 0.309. The normalized spacial score (nSPS) is 10.4. The monoisotopic (exact) mass is 212 g/mol. The van der Waals surface area contributed by atoms with Crippen molar-refractivity contribution < 1.29 is 0 Å². The van der Waals surface area contributed by atoms with E-state index < -0.39 is 0 Å². The molecule has 0 bridgehead atoms. The van der Waals surface area contributed by atoms with Crippen molar-refractivity contribution in [3.63, 3.8) is 0 Å². The molecule has 0 aliphatic rings. The molecule has 0 nitrogen and oxygen atoms in total. The first-order valence-electron chi connectivity index (χ1n) is 6.40. The first kappa shape index (κ1) is 14.0. The lowest BCUT2D eigenvalue weighted by molar-refractivity contribution is 0.591. The van der Waals surface area contributed by atoms with Gasteiger partial charge < -0.3 is 0 Å². The van der Waals surface area contributed by atoms with Crippen molar-refractivity contribution in [3.8, 4) is 0 Å². The maximum absolute atomic E-state index is 2.36. The number of allylic oxidation sites excluding steroid dienone is 2. The Kier molecular flexibility index (Phi) is 11.0. The molecule has 0 N–H and O–H groups in total. The van der Waals surface area contributed by atoms with Gasteiger partial charge in [-0.3, -0.25) is 0 Å². The topological polar surface area (TPSA) is 0 Å². The summed E-state index contributed by atoms with van der Waals surface area (Å²) in [6.45, 7) is 4.38. The van der Waals surface area contributed by atoms with Gasteiger partial charge in [0.05, 0.1) is 0 Å². The Hall–Kier alpha value is -0.0431. The molecule has 84 valence electrons. The standard InChI is InChI=1S/C13H28Si/c1-13(2)11-9-7-5-3-4-6-8-10-12-14/h11H,3-10,12H2,1-2,14H3. The highest BCUT2D eigenvalue weighted by Gasteiger charge is 1.90. The van der Waals surface area contributed by atoms with E-state index in [1.165, 1.54) is 73.2 Å². The fourth-order valence-corrected chi connectivity index (χ4v) is 2.17. The molecule has 0 amide bonds. The van der Waals surface area contributed by atoms with Gasteiger partial charge in [-0.25, -0.2) is 0 Å². The van der Waals surface area contributed by atoms with Gasteiger partial charge in [-0.15, -0.1) is 0 Å². The molecule has 0 spiro atoms. The molecule has 0 radical (unpaired) electrons. The van der Waals surface area contributed by atoms with Gasteiger partial charge in [0, 0.05) is 10.2 Å². The Morgan fingerprint density at radius 2 is 1.36 bits per heavy atom. The fraction of sp³-hybridized carbons (Fsp3) is 0.846. The molecule has 0 aliphatic carbocycles. The summed E-state index contributed by atoms with van der Waals surface area (Å²) in [5.74, 6) is 0. The van der Waals surface area contributed by atoms with Crippen molar-refractivity contribution in [2.45, 2.75) is 71.3 Å². The van der Waals surface area contributed by atoms with E-state index in [2.05, 4.69) is 19.9 Å². The van der Waals surface area contributed by atoms with Gasteiger partial charge in [0.1, 0.15) is 0 Å². The zero-order valence-corrected chi connectivity index (χ0v) is 12.4. The number of rotatable bonds is 9. The summed E-state index contributed by atoms with van der Waals surface area (Å²) in [6, 6.07) is 1.50. The second-order valence-electron chi connectivity index (χ2n) is 4.55. The van der Waals surface area contributed by atoms with Crippen molar-refractivity contribution in [1.82, 2.24) is 0 Å². The molecule has 1 heteroatoms. The Balaban J connectivity index is 2.96. The van der Waals surface area contributed by atoms with Gasteiger partial charge in [0.15, 0.2) is 0 Å². The van der Waals surface area contributed by atoms with E-state index in [9.17, 15) is 0 Å². The van der Waals surface area contributed by atoms with Crippen LogP contribution in [0.4, 0.5) is 0 Å². The van der Waals surface area contributed by atoms with Crippen LogP contribution in [0.15, 0.2) is 11.6 Å². The zero-order valence-electron chi connectivity index (χ0n) is 10.4. The highest BCUT2D eigenvalue weighted by atomic mass is 28.1. The summed E-state index contributed by atoms with van der Waals surface area (Å²) in [7, 11) is 1.40. The Morgan fingerprint density at radius 3 is 1.86 bits per heavy atom. The maximum atomic E-state index is 2.36. The molecule has 0 rings (SSSR count). The van der Waals surface area contributed by atoms with Crippen LogP contribution in [-0.2, 0) is 0 Å². The SMILES string of the molecule is CC(C)=CCCCCCCCCC[SiH3]. The summed E-state index contributed by atoms with van der Waals surface area (Å²) in [4.78, 5) is 0. The maximum Gasteiger partial charge on any atom is 0.00279 e. The lowest BCUT2D eigenvalue weighted by Gasteiger charge is -2.00. The molecule has 0 aromatic heterocycles. The highest BCUT2D eigenvalue weighted by molar-refractivity contribution is 6.08. The average molecular weight is 212 g/mol. The van der Waals surface area contributed by atoms with Crippen LogP contribution in [0.3, 0.4) is 0 Å². The Labute approximate surface area is 93.6 Å². The third-order valence-electron chi connectivity index (χ3n) is 2.61. The number of hydrogen-bond acceptors (Lipinski definition) is 0. The second-order valence-corrected chi connectivity index (χ2v) is 5.55. The van der Waals surface area contributed by atoms with Crippen molar-refractivity contribution in [3.05, 3.63) is 11.6 Å². The van der Waals surface area contributed by atoms with Crippen LogP contribution < -0.4 is 0 Å². The van der Waals surface area contributed by atoms with Gasteiger partial charge in [-0.05, 0) is 26.7 Å². The van der Waals surface area contributed by atoms with Crippen LogP contribution >= 0.6 is 0 Å². The van der Waals surface area contributed by atoms with E-state index in [0.29, 0.717) is 0 Å². The van der Waals surface area contributed by atoms with E-state index in [-0.39, 0.29) is 0 Å². The van der Waals surface area contributed by atoms with E-state index in [0.717, 1.165) is 0 Å². The van der Waals surface area contributed by atoms with Gasteiger partial charge in [-0.1, -0.05) is 56.2 Å².